The zero-order valence-corrected chi connectivity index (χ0v) is 22.8. The molecule has 2 aliphatic rings. The van der Waals surface area contributed by atoms with Gasteiger partial charge in [0.25, 0.3) is 0 Å². The first kappa shape index (κ1) is 24.1. The van der Waals surface area contributed by atoms with Gasteiger partial charge < -0.3 is 14.8 Å². The van der Waals surface area contributed by atoms with Crippen LogP contribution in [0.4, 0.5) is 0 Å². The van der Waals surface area contributed by atoms with Gasteiger partial charge in [0.2, 0.25) is 5.88 Å². The summed E-state index contributed by atoms with van der Waals surface area (Å²) in [5.41, 5.74) is 3.94. The number of aromatic hydroxyl groups is 1. The summed E-state index contributed by atoms with van der Waals surface area (Å²) in [5, 5.41) is 12.0. The molecule has 2 atom stereocenters. The van der Waals surface area contributed by atoms with Crippen molar-refractivity contribution in [3.8, 4) is 17.4 Å². The first-order chi connectivity index (χ1) is 16.4. The number of hydrogen-bond acceptors (Lipinski definition) is 5. The smallest absolute Gasteiger partial charge is 0.217 e. The van der Waals surface area contributed by atoms with Crippen LogP contribution in [-0.2, 0) is 33.0 Å². The molecule has 1 aromatic heterocycles. The molecule has 0 saturated carbocycles. The molecule has 0 spiro atoms. The molecule has 3 aromatic carbocycles. The Morgan fingerprint density at radius 1 is 1.00 bits per heavy atom. The van der Waals surface area contributed by atoms with Crippen LogP contribution in [-0.4, -0.2) is 19.9 Å². The summed E-state index contributed by atoms with van der Waals surface area (Å²) >= 11 is 1.85. The summed E-state index contributed by atoms with van der Waals surface area (Å²) in [5.74, 6) is 1.49. The molecule has 0 bridgehead atoms. The number of benzene rings is 3. The van der Waals surface area contributed by atoms with Crippen molar-refractivity contribution in [2.45, 2.75) is 37.5 Å². The number of hydrogen-bond donors (Lipinski definition) is 1. The Balaban J connectivity index is 0.00000253. The molecule has 6 heteroatoms. The average Bonchev–Trinajstić information content (AvgIpc) is 3.26. The molecule has 2 heterocycles. The van der Waals surface area contributed by atoms with E-state index in [1.165, 1.54) is 11.1 Å². The predicted molar refractivity (Wildman–Crippen MR) is 138 cm³/mol. The molecule has 4 nitrogen and oxygen atoms in total. The van der Waals surface area contributed by atoms with E-state index in [2.05, 4.69) is 56.1 Å². The fourth-order valence-corrected chi connectivity index (χ4v) is 7.22. The summed E-state index contributed by atoms with van der Waals surface area (Å²) in [4.78, 5) is 9.90. The monoisotopic (exact) mass is 660 g/mol. The number of thioether (sulfide) groups is 1. The second-order valence-electron chi connectivity index (χ2n) is 9.53. The number of aromatic nitrogens is 1. The van der Waals surface area contributed by atoms with Crippen molar-refractivity contribution in [1.82, 2.24) is 4.98 Å². The van der Waals surface area contributed by atoms with Gasteiger partial charge in [0.15, 0.2) is 0 Å². The second kappa shape index (κ2) is 8.80. The third-order valence-electron chi connectivity index (χ3n) is 7.08. The van der Waals surface area contributed by atoms with Crippen molar-refractivity contribution in [3.63, 3.8) is 0 Å². The van der Waals surface area contributed by atoms with Gasteiger partial charge in [0.05, 0.1) is 5.54 Å². The van der Waals surface area contributed by atoms with Crippen molar-refractivity contribution in [2.24, 2.45) is 10.9 Å². The summed E-state index contributed by atoms with van der Waals surface area (Å²) in [6.07, 6.45) is 1.000. The quantitative estimate of drug-likeness (QED) is 0.243. The van der Waals surface area contributed by atoms with Crippen LogP contribution in [0.1, 0.15) is 37.5 Å². The minimum atomic E-state index is -0.258. The Morgan fingerprint density at radius 2 is 1.80 bits per heavy atom. The average molecular weight is 661 g/mol. The molecule has 180 valence electrons. The van der Waals surface area contributed by atoms with E-state index >= 15 is 0 Å². The van der Waals surface area contributed by atoms with E-state index in [1.807, 2.05) is 42.1 Å². The van der Waals surface area contributed by atoms with Crippen molar-refractivity contribution >= 4 is 27.7 Å². The van der Waals surface area contributed by atoms with E-state index in [-0.39, 0.29) is 37.1 Å². The number of rotatable bonds is 4. The molecule has 0 saturated heterocycles. The molecule has 0 unspecified atom stereocenters. The Morgan fingerprint density at radius 3 is 2.63 bits per heavy atom. The third-order valence-corrected chi connectivity index (χ3v) is 8.49. The van der Waals surface area contributed by atoms with Gasteiger partial charge in [0, 0.05) is 48.1 Å². The number of phenolic OH excluding ortho intramolecular Hbond substituents is 1. The largest absolute Gasteiger partial charge is 0.506 e. The molecule has 4 aromatic rings. The molecule has 1 aliphatic heterocycles. The topological polar surface area (TPSA) is 54.7 Å². The van der Waals surface area contributed by atoms with Gasteiger partial charge in [-0.05, 0) is 42.5 Å². The summed E-state index contributed by atoms with van der Waals surface area (Å²) < 4.78 is 6.01. The molecule has 0 fully saturated rings. The Bertz CT molecular complexity index is 1470. The van der Waals surface area contributed by atoms with Gasteiger partial charge in [-0.3, -0.25) is 0 Å². The SMILES string of the molecule is CC(C)[C@@]12N=C(c3[c-]c(Oc4ccc5cccc(O)c5n4)ccc3)S[C@]1(C)Cc1ccccc12.[Pt]. The van der Waals surface area contributed by atoms with Gasteiger partial charge in [-0.1, -0.05) is 56.3 Å². The molecular weight excluding hydrogens is 635 g/mol. The maximum atomic E-state index is 10.1. The summed E-state index contributed by atoms with van der Waals surface area (Å²) in [6, 6.07) is 27.1. The van der Waals surface area contributed by atoms with Crippen LogP contribution in [0.5, 0.6) is 17.4 Å². The number of nitrogens with zero attached hydrogens (tertiary/aromatic N) is 2. The fourth-order valence-electron chi connectivity index (χ4n) is 5.60. The van der Waals surface area contributed by atoms with E-state index in [0.717, 1.165) is 22.4 Å². The number of pyridine rings is 1. The predicted octanol–water partition coefficient (Wildman–Crippen LogP) is 6.89. The maximum absolute atomic E-state index is 10.1. The number of para-hydroxylation sites is 1. The van der Waals surface area contributed by atoms with Crippen LogP contribution in [0.2, 0.25) is 0 Å². The molecule has 0 radical (unpaired) electrons. The van der Waals surface area contributed by atoms with Gasteiger partial charge >= 0.3 is 0 Å². The van der Waals surface area contributed by atoms with Crippen molar-refractivity contribution in [3.05, 3.63) is 95.6 Å². The standard InChI is InChI=1S/C29H25N2O2S.Pt/c1-18(2)29-23-12-5-4-8-21(23)17-28(29,3)34-27(31-29)20-10-6-11-22(16-20)33-25-15-14-19-9-7-13-24(32)26(19)30-25;/h4-15,18,32H,17H2,1-3H3;/q-1;/t28-,29+;/m1./s1. The third kappa shape index (κ3) is 3.72. The van der Waals surface area contributed by atoms with Crippen LogP contribution < -0.4 is 4.74 Å². The molecule has 1 N–H and O–H groups in total. The maximum Gasteiger partial charge on any atom is 0.217 e. The number of phenols is 1. The van der Waals surface area contributed by atoms with Crippen LogP contribution >= 0.6 is 11.8 Å². The zero-order chi connectivity index (χ0) is 23.5. The number of ether oxygens (including phenoxy) is 1. The van der Waals surface area contributed by atoms with Gasteiger partial charge in [-0.15, -0.1) is 35.5 Å². The van der Waals surface area contributed by atoms with E-state index in [4.69, 9.17) is 9.73 Å². The zero-order valence-electron chi connectivity index (χ0n) is 19.7. The molecule has 35 heavy (non-hydrogen) atoms. The normalized spacial score (nSPS) is 22.5. The van der Waals surface area contributed by atoms with Crippen LogP contribution in [0, 0.1) is 12.0 Å². The van der Waals surface area contributed by atoms with Gasteiger partial charge in [0.1, 0.15) is 11.3 Å². The first-order valence-electron chi connectivity index (χ1n) is 11.6. The van der Waals surface area contributed by atoms with E-state index < -0.39 is 0 Å². The molecule has 6 rings (SSSR count). The Kier molecular flexibility index (Phi) is 6.05. The molecule has 1 aliphatic carbocycles. The van der Waals surface area contributed by atoms with Crippen LogP contribution in [0.15, 0.2) is 77.8 Å². The van der Waals surface area contributed by atoms with Crippen molar-refractivity contribution < 1.29 is 30.9 Å². The first-order valence-corrected chi connectivity index (χ1v) is 12.4. The fraction of sp³-hybridized carbons (Fsp3) is 0.241. The van der Waals surface area contributed by atoms with Gasteiger partial charge in [-0.25, -0.2) is 4.98 Å². The van der Waals surface area contributed by atoms with Crippen molar-refractivity contribution in [2.75, 3.05) is 0 Å². The summed E-state index contributed by atoms with van der Waals surface area (Å²) in [7, 11) is 0. The number of aliphatic imine (C=N–C) groups is 1. The number of fused-ring (bicyclic) bond motifs is 4. The van der Waals surface area contributed by atoms with E-state index in [1.54, 1.807) is 18.2 Å². The van der Waals surface area contributed by atoms with Crippen molar-refractivity contribution in [1.29, 1.82) is 0 Å². The van der Waals surface area contributed by atoms with Gasteiger partial charge in [-0.2, -0.15) is 0 Å². The Labute approximate surface area is 224 Å². The van der Waals surface area contributed by atoms with Crippen LogP contribution in [0.3, 0.4) is 0 Å². The molecular formula is C29H25N2O2PtS-. The minimum Gasteiger partial charge on any atom is -0.506 e. The van der Waals surface area contributed by atoms with Crippen LogP contribution in [0.25, 0.3) is 10.9 Å². The molecule has 0 amide bonds. The minimum absolute atomic E-state index is 0. The van der Waals surface area contributed by atoms with E-state index in [9.17, 15) is 5.11 Å². The second-order valence-corrected chi connectivity index (χ2v) is 11.0. The summed E-state index contributed by atoms with van der Waals surface area (Å²) in [6.45, 7) is 6.90. The van der Waals surface area contributed by atoms with E-state index in [0.29, 0.717) is 23.1 Å². The Hall–Kier alpha value is -2.62.